The largest absolute Gasteiger partial charge is 0.478 e. The summed E-state index contributed by atoms with van der Waals surface area (Å²) >= 11 is 0. The number of hydrogen-bond donors (Lipinski definition) is 2. The second-order valence-electron chi connectivity index (χ2n) is 4.29. The highest BCUT2D eigenvalue weighted by molar-refractivity contribution is 6.03. The fourth-order valence-electron chi connectivity index (χ4n) is 2.01. The maximum Gasteiger partial charge on any atom is 0.337 e. The van der Waals surface area contributed by atoms with E-state index in [4.69, 9.17) is 10.8 Å². The van der Waals surface area contributed by atoms with Gasteiger partial charge in [-0.05, 0) is 24.6 Å². The smallest absolute Gasteiger partial charge is 0.337 e. The number of anilines is 1. The van der Waals surface area contributed by atoms with Crippen molar-refractivity contribution < 1.29 is 14.7 Å². The molecule has 0 spiro atoms. The van der Waals surface area contributed by atoms with Crippen LogP contribution in [0.2, 0.25) is 0 Å². The molecule has 5 heteroatoms. The first-order valence-electron chi connectivity index (χ1n) is 5.39. The van der Waals surface area contributed by atoms with Gasteiger partial charge in [0.25, 0.3) is 0 Å². The highest BCUT2D eigenvalue weighted by Crippen LogP contribution is 2.26. The lowest BCUT2D eigenvalue weighted by Gasteiger charge is -2.19. The molecule has 1 atom stereocenters. The van der Waals surface area contributed by atoms with E-state index in [0.717, 1.165) is 5.56 Å². The molecular formula is C12H14N2O3. The maximum absolute atomic E-state index is 11.7. The molecule has 1 aliphatic rings. The zero-order valence-corrected chi connectivity index (χ0v) is 9.51. The normalized spacial score (nSPS) is 19.8. The monoisotopic (exact) mass is 234 g/mol. The quantitative estimate of drug-likeness (QED) is 0.791. The second kappa shape index (κ2) is 4.18. The molecule has 1 heterocycles. The van der Waals surface area contributed by atoms with Crippen molar-refractivity contribution in [2.75, 3.05) is 11.4 Å². The van der Waals surface area contributed by atoms with E-state index in [1.165, 1.54) is 11.0 Å². The minimum absolute atomic E-state index is 0.120. The summed E-state index contributed by atoms with van der Waals surface area (Å²) in [7, 11) is 0. The highest BCUT2D eigenvalue weighted by atomic mass is 16.4. The van der Waals surface area contributed by atoms with Gasteiger partial charge in [-0.3, -0.25) is 4.79 Å². The first-order chi connectivity index (χ1) is 7.99. The molecule has 17 heavy (non-hydrogen) atoms. The predicted molar refractivity (Wildman–Crippen MR) is 63.1 cm³/mol. The number of benzene rings is 1. The van der Waals surface area contributed by atoms with Gasteiger partial charge in [-0.15, -0.1) is 0 Å². The topological polar surface area (TPSA) is 83.6 Å². The lowest BCUT2D eigenvalue weighted by atomic mass is 10.1. The molecule has 1 fully saturated rings. The minimum Gasteiger partial charge on any atom is -0.478 e. The van der Waals surface area contributed by atoms with Crippen LogP contribution in [0.5, 0.6) is 0 Å². The van der Waals surface area contributed by atoms with Crippen molar-refractivity contribution >= 4 is 17.6 Å². The molecule has 1 saturated heterocycles. The zero-order chi connectivity index (χ0) is 12.6. The van der Waals surface area contributed by atoms with E-state index >= 15 is 0 Å². The molecule has 2 rings (SSSR count). The molecule has 0 bridgehead atoms. The molecule has 1 aromatic carbocycles. The Bertz CT molecular complexity index is 485. The number of nitrogens with two attached hydrogens (primary N) is 1. The van der Waals surface area contributed by atoms with E-state index < -0.39 is 5.97 Å². The average molecular weight is 234 g/mol. The van der Waals surface area contributed by atoms with Gasteiger partial charge in [0.05, 0.1) is 11.3 Å². The third-order valence-electron chi connectivity index (χ3n) is 2.83. The lowest BCUT2D eigenvalue weighted by molar-refractivity contribution is -0.117. The number of amides is 1. The molecule has 1 aromatic rings. The van der Waals surface area contributed by atoms with Crippen LogP contribution in [0.1, 0.15) is 22.3 Å². The predicted octanol–water partition coefficient (Wildman–Crippen LogP) is 0.757. The van der Waals surface area contributed by atoms with Gasteiger partial charge in [0.2, 0.25) is 5.91 Å². The van der Waals surface area contributed by atoms with E-state index in [1.54, 1.807) is 12.1 Å². The van der Waals surface area contributed by atoms with Gasteiger partial charge in [-0.1, -0.05) is 6.07 Å². The summed E-state index contributed by atoms with van der Waals surface area (Å²) in [6, 6.07) is 4.72. The van der Waals surface area contributed by atoms with Crippen LogP contribution in [0, 0.1) is 6.92 Å². The van der Waals surface area contributed by atoms with E-state index in [9.17, 15) is 9.59 Å². The number of hydrogen-bond acceptors (Lipinski definition) is 3. The Labute approximate surface area is 98.8 Å². The first kappa shape index (κ1) is 11.6. The van der Waals surface area contributed by atoms with Crippen LogP contribution in [-0.2, 0) is 4.79 Å². The van der Waals surface area contributed by atoms with E-state index in [1.807, 2.05) is 6.92 Å². The Hall–Kier alpha value is -1.88. The number of nitrogens with zero attached hydrogens (tertiary/aromatic N) is 1. The van der Waals surface area contributed by atoms with Crippen LogP contribution in [0.25, 0.3) is 0 Å². The van der Waals surface area contributed by atoms with Crippen molar-refractivity contribution in [3.8, 4) is 0 Å². The fourth-order valence-corrected chi connectivity index (χ4v) is 2.01. The summed E-state index contributed by atoms with van der Waals surface area (Å²) in [5.74, 6) is -1.15. The van der Waals surface area contributed by atoms with Crippen LogP contribution in [0.15, 0.2) is 18.2 Å². The SMILES string of the molecule is Cc1ccc(C(=O)O)c(N2CC(N)CC2=O)c1. The third-order valence-corrected chi connectivity index (χ3v) is 2.83. The number of rotatable bonds is 2. The van der Waals surface area contributed by atoms with E-state index in [0.29, 0.717) is 12.2 Å². The number of carboxylic acids is 1. The van der Waals surface area contributed by atoms with Crippen LogP contribution in [0.4, 0.5) is 5.69 Å². The average Bonchev–Trinajstić information content (AvgIpc) is 2.57. The molecule has 0 aliphatic carbocycles. The molecule has 1 aliphatic heterocycles. The van der Waals surface area contributed by atoms with Gasteiger partial charge in [-0.25, -0.2) is 4.79 Å². The Morgan fingerprint density at radius 3 is 2.76 bits per heavy atom. The molecule has 0 saturated carbocycles. The number of carbonyl (C=O) groups is 2. The van der Waals surface area contributed by atoms with Crippen molar-refractivity contribution in [1.29, 1.82) is 0 Å². The van der Waals surface area contributed by atoms with Crippen LogP contribution in [-0.4, -0.2) is 29.6 Å². The molecule has 0 aromatic heterocycles. The van der Waals surface area contributed by atoms with Gasteiger partial charge < -0.3 is 15.7 Å². The fraction of sp³-hybridized carbons (Fsp3) is 0.333. The van der Waals surface area contributed by atoms with Crippen molar-refractivity contribution in [1.82, 2.24) is 0 Å². The van der Waals surface area contributed by atoms with Gasteiger partial charge in [0, 0.05) is 19.0 Å². The third kappa shape index (κ3) is 2.14. The van der Waals surface area contributed by atoms with E-state index in [-0.39, 0.29) is 23.9 Å². The van der Waals surface area contributed by atoms with Gasteiger partial charge in [-0.2, -0.15) is 0 Å². The number of carbonyl (C=O) groups excluding carboxylic acids is 1. The minimum atomic E-state index is -1.03. The van der Waals surface area contributed by atoms with Crippen LogP contribution in [0.3, 0.4) is 0 Å². The van der Waals surface area contributed by atoms with Crippen molar-refractivity contribution in [3.63, 3.8) is 0 Å². The highest BCUT2D eigenvalue weighted by Gasteiger charge is 2.30. The van der Waals surface area contributed by atoms with Gasteiger partial charge in [0.1, 0.15) is 0 Å². The summed E-state index contributed by atoms with van der Waals surface area (Å²) < 4.78 is 0. The Kier molecular flexibility index (Phi) is 2.85. The molecular weight excluding hydrogens is 220 g/mol. The number of carboxylic acid groups (broad SMARTS) is 1. The van der Waals surface area contributed by atoms with E-state index in [2.05, 4.69) is 0 Å². The standard InChI is InChI=1S/C12H14N2O3/c1-7-2-3-9(12(16)17)10(4-7)14-6-8(13)5-11(14)15/h2-4,8H,5-6,13H2,1H3,(H,16,17). The molecule has 1 unspecified atom stereocenters. The first-order valence-corrected chi connectivity index (χ1v) is 5.39. The molecule has 3 N–H and O–H groups in total. The number of aryl methyl sites for hydroxylation is 1. The number of aromatic carboxylic acids is 1. The summed E-state index contributed by atoms with van der Waals surface area (Å²) in [5.41, 5.74) is 7.20. The Balaban J connectivity index is 2.46. The molecule has 5 nitrogen and oxygen atoms in total. The van der Waals surface area contributed by atoms with Crippen LogP contribution < -0.4 is 10.6 Å². The second-order valence-corrected chi connectivity index (χ2v) is 4.29. The Morgan fingerprint density at radius 1 is 1.53 bits per heavy atom. The summed E-state index contributed by atoms with van der Waals surface area (Å²) in [6.45, 7) is 2.23. The Morgan fingerprint density at radius 2 is 2.24 bits per heavy atom. The lowest BCUT2D eigenvalue weighted by Crippen LogP contribution is -2.29. The van der Waals surface area contributed by atoms with Gasteiger partial charge >= 0.3 is 5.97 Å². The van der Waals surface area contributed by atoms with Crippen LogP contribution >= 0.6 is 0 Å². The molecule has 0 radical (unpaired) electrons. The molecule has 90 valence electrons. The summed E-state index contributed by atoms with van der Waals surface area (Å²) in [6.07, 6.45) is 0.271. The van der Waals surface area contributed by atoms with Crippen molar-refractivity contribution in [3.05, 3.63) is 29.3 Å². The van der Waals surface area contributed by atoms with Crippen molar-refractivity contribution in [2.45, 2.75) is 19.4 Å². The maximum atomic E-state index is 11.7. The van der Waals surface area contributed by atoms with Crippen molar-refractivity contribution in [2.24, 2.45) is 5.73 Å². The summed E-state index contributed by atoms with van der Waals surface area (Å²) in [4.78, 5) is 24.3. The molecule has 1 amide bonds. The summed E-state index contributed by atoms with van der Waals surface area (Å²) in [5, 5.41) is 9.10. The van der Waals surface area contributed by atoms with Gasteiger partial charge in [0.15, 0.2) is 0 Å². The zero-order valence-electron chi connectivity index (χ0n) is 9.51.